The molecule has 1 heterocycles. The molecule has 0 spiro atoms. The smallest absolute Gasteiger partial charge is 0.329 e. The van der Waals surface area contributed by atoms with Gasteiger partial charge in [0.05, 0.1) is 0 Å². The number of carbonyl (C=O) groups is 3. The van der Waals surface area contributed by atoms with Gasteiger partial charge in [-0.15, -0.1) is 0 Å². The van der Waals surface area contributed by atoms with Gasteiger partial charge in [-0.2, -0.15) is 0 Å². The van der Waals surface area contributed by atoms with E-state index in [1.165, 1.54) is 0 Å². The number of para-hydroxylation sites is 1. The summed E-state index contributed by atoms with van der Waals surface area (Å²) in [4.78, 5) is 37.7. The molecule has 3 amide bonds. The predicted octanol–water partition coefficient (Wildman–Crippen LogP) is 1.40. The first-order valence-electron chi connectivity index (χ1n) is 8.69. The van der Waals surface area contributed by atoms with E-state index in [0.717, 1.165) is 23.2 Å². The minimum absolute atomic E-state index is 0.226. The molecule has 3 N–H and O–H groups in total. The minimum Gasteiger partial charge on any atom is -0.454 e. The number of amides is 3. The number of hydrogen-bond acceptors (Lipinski definition) is 4. The van der Waals surface area contributed by atoms with Gasteiger partial charge in [0, 0.05) is 18.7 Å². The molecule has 27 heavy (non-hydrogen) atoms. The van der Waals surface area contributed by atoms with Crippen molar-refractivity contribution in [2.45, 2.75) is 18.9 Å². The maximum atomic E-state index is 12.5. The Bertz CT molecular complexity index is 838. The first kappa shape index (κ1) is 18.4. The van der Waals surface area contributed by atoms with E-state index in [1.807, 2.05) is 54.6 Å². The van der Waals surface area contributed by atoms with E-state index in [4.69, 9.17) is 10.5 Å². The minimum atomic E-state index is -0.955. The molecule has 0 unspecified atom stereocenters. The molecule has 1 atom stereocenters. The van der Waals surface area contributed by atoms with Crippen molar-refractivity contribution in [3.8, 4) is 0 Å². The van der Waals surface area contributed by atoms with Crippen molar-refractivity contribution in [3.05, 3.63) is 65.7 Å². The van der Waals surface area contributed by atoms with Crippen molar-refractivity contribution >= 4 is 23.6 Å². The number of nitrogens with one attached hydrogen (secondary N) is 1. The second-order valence-electron chi connectivity index (χ2n) is 6.28. The number of benzene rings is 2. The molecular weight excluding hydrogens is 346 g/mol. The number of fused-ring (bicyclic) bond motifs is 1. The Morgan fingerprint density at radius 2 is 1.78 bits per heavy atom. The topological polar surface area (TPSA) is 102 Å². The number of nitrogens with zero attached hydrogens (tertiary/aromatic N) is 1. The fourth-order valence-corrected chi connectivity index (χ4v) is 3.12. The van der Waals surface area contributed by atoms with Crippen molar-refractivity contribution in [2.75, 3.05) is 18.1 Å². The zero-order chi connectivity index (χ0) is 19.2. The number of hydrogen-bond donors (Lipinski definition) is 2. The highest BCUT2D eigenvalue weighted by molar-refractivity contribution is 5.97. The average molecular weight is 367 g/mol. The summed E-state index contributed by atoms with van der Waals surface area (Å²) in [6.07, 6.45) is 0.999. The van der Waals surface area contributed by atoms with Gasteiger partial charge in [-0.25, -0.2) is 9.59 Å². The maximum absolute atomic E-state index is 12.5. The molecule has 0 saturated carbocycles. The van der Waals surface area contributed by atoms with E-state index < -0.39 is 18.0 Å². The fraction of sp³-hybridized carbons (Fsp3) is 0.250. The lowest BCUT2D eigenvalue weighted by Crippen LogP contribution is -2.46. The van der Waals surface area contributed by atoms with Crippen LogP contribution in [-0.4, -0.2) is 37.1 Å². The van der Waals surface area contributed by atoms with E-state index in [-0.39, 0.29) is 18.9 Å². The number of esters is 1. The Morgan fingerprint density at radius 1 is 1.07 bits per heavy atom. The Labute approximate surface area is 157 Å². The molecule has 2 aromatic rings. The van der Waals surface area contributed by atoms with E-state index in [0.29, 0.717) is 6.54 Å². The van der Waals surface area contributed by atoms with E-state index in [1.54, 1.807) is 4.90 Å². The van der Waals surface area contributed by atoms with Crippen molar-refractivity contribution in [3.63, 3.8) is 0 Å². The Morgan fingerprint density at radius 3 is 2.52 bits per heavy atom. The standard InChI is InChI=1S/C20H21N3O4/c21-20(26)22-16(12-14-6-2-1-3-7-14)19(25)27-13-18(24)23-11-10-15-8-4-5-9-17(15)23/h1-9,16H,10-13H2,(H3,21,22,26)/t16-/m0/s1. The summed E-state index contributed by atoms with van der Waals surface area (Å²) in [5, 5.41) is 2.38. The second-order valence-corrected chi connectivity index (χ2v) is 6.28. The third kappa shape index (κ3) is 4.63. The molecule has 0 aromatic heterocycles. The number of ether oxygens (including phenoxy) is 1. The number of carbonyl (C=O) groups excluding carboxylic acids is 3. The molecule has 7 nitrogen and oxygen atoms in total. The molecule has 1 aliphatic heterocycles. The highest BCUT2D eigenvalue weighted by atomic mass is 16.5. The van der Waals surface area contributed by atoms with Gasteiger partial charge in [0.1, 0.15) is 6.04 Å². The van der Waals surface area contributed by atoms with Crippen LogP contribution in [0.25, 0.3) is 0 Å². The lowest BCUT2D eigenvalue weighted by atomic mass is 10.1. The summed E-state index contributed by atoms with van der Waals surface area (Å²) in [7, 11) is 0. The number of rotatable bonds is 6. The van der Waals surface area contributed by atoms with Crippen LogP contribution in [0.3, 0.4) is 0 Å². The van der Waals surface area contributed by atoms with E-state index >= 15 is 0 Å². The van der Waals surface area contributed by atoms with Crippen LogP contribution in [0.2, 0.25) is 0 Å². The third-order valence-corrected chi connectivity index (χ3v) is 4.41. The van der Waals surface area contributed by atoms with Crippen LogP contribution >= 0.6 is 0 Å². The van der Waals surface area contributed by atoms with Gasteiger partial charge in [-0.1, -0.05) is 48.5 Å². The number of primary amides is 1. The summed E-state index contributed by atoms with van der Waals surface area (Å²) in [5.74, 6) is -0.996. The van der Waals surface area contributed by atoms with Crippen molar-refractivity contribution in [2.24, 2.45) is 5.73 Å². The molecule has 3 rings (SSSR count). The van der Waals surface area contributed by atoms with Crippen LogP contribution in [0.15, 0.2) is 54.6 Å². The predicted molar refractivity (Wildman–Crippen MR) is 100 cm³/mol. The quantitative estimate of drug-likeness (QED) is 0.754. The molecule has 140 valence electrons. The number of nitrogens with two attached hydrogens (primary N) is 1. The maximum Gasteiger partial charge on any atom is 0.329 e. The normalized spacial score (nSPS) is 13.6. The SMILES string of the molecule is NC(=O)N[C@@H](Cc1ccccc1)C(=O)OCC(=O)N1CCc2ccccc21. The molecule has 0 bridgehead atoms. The van der Waals surface area contributed by atoms with Crippen molar-refractivity contribution in [1.82, 2.24) is 5.32 Å². The first-order valence-corrected chi connectivity index (χ1v) is 8.69. The molecule has 0 saturated heterocycles. The number of anilines is 1. The zero-order valence-electron chi connectivity index (χ0n) is 14.8. The first-order chi connectivity index (χ1) is 13.0. The van der Waals surface area contributed by atoms with Gasteiger partial charge in [-0.3, -0.25) is 4.79 Å². The molecule has 2 aromatic carbocycles. The molecule has 1 aliphatic rings. The van der Waals surface area contributed by atoms with Gasteiger partial charge >= 0.3 is 12.0 Å². The van der Waals surface area contributed by atoms with Crippen LogP contribution in [0, 0.1) is 0 Å². The summed E-state index contributed by atoms with van der Waals surface area (Å²) in [6.45, 7) is 0.168. The second kappa shape index (κ2) is 8.35. The largest absolute Gasteiger partial charge is 0.454 e. The molecular formula is C20H21N3O4. The van der Waals surface area contributed by atoms with Crippen LogP contribution in [0.1, 0.15) is 11.1 Å². The van der Waals surface area contributed by atoms with Crippen molar-refractivity contribution < 1.29 is 19.1 Å². The molecule has 0 aliphatic carbocycles. The van der Waals surface area contributed by atoms with Crippen molar-refractivity contribution in [1.29, 1.82) is 0 Å². The fourth-order valence-electron chi connectivity index (χ4n) is 3.12. The highest BCUT2D eigenvalue weighted by Gasteiger charge is 2.27. The van der Waals surface area contributed by atoms with Crippen LogP contribution in [-0.2, 0) is 27.2 Å². The lowest BCUT2D eigenvalue weighted by Gasteiger charge is -2.19. The summed E-state index contributed by atoms with van der Waals surface area (Å²) < 4.78 is 5.17. The van der Waals surface area contributed by atoms with E-state index in [9.17, 15) is 14.4 Å². The van der Waals surface area contributed by atoms with Gasteiger partial charge in [0.2, 0.25) is 0 Å². The van der Waals surface area contributed by atoms with E-state index in [2.05, 4.69) is 5.32 Å². The van der Waals surface area contributed by atoms with Gasteiger partial charge in [0.15, 0.2) is 6.61 Å². The van der Waals surface area contributed by atoms with Gasteiger partial charge in [-0.05, 0) is 23.6 Å². The third-order valence-electron chi connectivity index (χ3n) is 4.41. The Balaban J connectivity index is 1.60. The average Bonchev–Trinajstić information content (AvgIpc) is 3.10. The highest BCUT2D eigenvalue weighted by Crippen LogP contribution is 2.27. The lowest BCUT2D eigenvalue weighted by molar-refractivity contribution is -0.149. The zero-order valence-corrected chi connectivity index (χ0v) is 14.8. The molecule has 7 heteroatoms. The molecule has 0 radical (unpaired) electrons. The Hall–Kier alpha value is -3.35. The summed E-state index contributed by atoms with van der Waals surface area (Å²) in [5.41, 5.74) is 7.94. The van der Waals surface area contributed by atoms with Gasteiger partial charge < -0.3 is 20.7 Å². The monoisotopic (exact) mass is 367 g/mol. The van der Waals surface area contributed by atoms with Crippen LogP contribution < -0.4 is 16.0 Å². The number of urea groups is 1. The van der Waals surface area contributed by atoms with Gasteiger partial charge in [0.25, 0.3) is 5.91 Å². The summed E-state index contributed by atoms with van der Waals surface area (Å²) >= 11 is 0. The van der Waals surface area contributed by atoms with Crippen LogP contribution in [0.4, 0.5) is 10.5 Å². The summed E-state index contributed by atoms with van der Waals surface area (Å²) in [6, 6.07) is 15.0. The molecule has 0 fully saturated rings. The Kier molecular flexibility index (Phi) is 5.71. The van der Waals surface area contributed by atoms with Crippen LogP contribution in [0.5, 0.6) is 0 Å².